The monoisotopic (exact) mass is 394 g/mol. The van der Waals surface area contributed by atoms with E-state index in [1.807, 2.05) is 0 Å². The SMILES string of the molecule is CC(C)S(=O)(=O)N[C@H]1CC[C@H](CNc2cccc(OC(F)(F)F)c2)CC1. The minimum atomic E-state index is -4.71. The molecule has 2 rings (SSSR count). The van der Waals surface area contributed by atoms with Crippen molar-refractivity contribution >= 4 is 15.7 Å². The molecule has 0 atom stereocenters. The summed E-state index contributed by atoms with van der Waals surface area (Å²) in [5, 5.41) is 2.68. The molecular weight excluding hydrogens is 369 g/mol. The first-order valence-corrected chi connectivity index (χ1v) is 10.2. The van der Waals surface area contributed by atoms with E-state index in [1.54, 1.807) is 19.9 Å². The van der Waals surface area contributed by atoms with Crippen molar-refractivity contribution in [2.75, 3.05) is 11.9 Å². The number of sulfonamides is 1. The van der Waals surface area contributed by atoms with Gasteiger partial charge in [-0.2, -0.15) is 0 Å². The van der Waals surface area contributed by atoms with Crippen LogP contribution in [0.3, 0.4) is 0 Å². The molecule has 0 amide bonds. The summed E-state index contributed by atoms with van der Waals surface area (Å²) in [6, 6.07) is 5.72. The van der Waals surface area contributed by atoms with E-state index in [4.69, 9.17) is 0 Å². The fourth-order valence-corrected chi connectivity index (χ4v) is 3.89. The van der Waals surface area contributed by atoms with Gasteiger partial charge in [-0.1, -0.05) is 6.07 Å². The molecule has 2 N–H and O–H groups in total. The second kappa shape index (κ2) is 8.47. The Balaban J connectivity index is 1.79. The lowest BCUT2D eigenvalue weighted by molar-refractivity contribution is -0.274. The molecule has 1 aromatic rings. The van der Waals surface area contributed by atoms with E-state index in [9.17, 15) is 21.6 Å². The van der Waals surface area contributed by atoms with Crippen LogP contribution in [0.2, 0.25) is 0 Å². The third kappa shape index (κ3) is 6.68. The molecule has 0 saturated heterocycles. The van der Waals surface area contributed by atoms with Crippen molar-refractivity contribution in [1.82, 2.24) is 4.72 Å². The van der Waals surface area contributed by atoms with Gasteiger partial charge in [-0.15, -0.1) is 13.2 Å². The second-order valence-corrected chi connectivity index (χ2v) is 9.15. The number of rotatable bonds is 7. The Hall–Kier alpha value is -1.48. The molecule has 148 valence electrons. The van der Waals surface area contributed by atoms with E-state index >= 15 is 0 Å². The summed E-state index contributed by atoms with van der Waals surface area (Å²) in [6.45, 7) is 3.92. The number of benzene rings is 1. The third-order valence-electron chi connectivity index (χ3n) is 4.46. The fourth-order valence-electron chi connectivity index (χ4n) is 2.92. The summed E-state index contributed by atoms with van der Waals surface area (Å²) in [6.07, 6.45) is -1.47. The van der Waals surface area contributed by atoms with Crippen molar-refractivity contribution in [2.45, 2.75) is 57.2 Å². The largest absolute Gasteiger partial charge is 0.573 e. The Kier molecular flexibility index (Phi) is 6.79. The zero-order valence-corrected chi connectivity index (χ0v) is 15.7. The normalized spacial score (nSPS) is 21.6. The number of hydrogen-bond acceptors (Lipinski definition) is 4. The summed E-state index contributed by atoms with van der Waals surface area (Å²) in [5.41, 5.74) is 0.564. The molecule has 1 aromatic carbocycles. The second-order valence-electron chi connectivity index (χ2n) is 6.89. The highest BCUT2D eigenvalue weighted by molar-refractivity contribution is 7.90. The number of alkyl halides is 3. The van der Waals surface area contributed by atoms with Gasteiger partial charge in [0.15, 0.2) is 0 Å². The Bertz CT molecular complexity index is 685. The zero-order valence-electron chi connectivity index (χ0n) is 14.8. The van der Waals surface area contributed by atoms with Crippen LogP contribution in [-0.2, 0) is 10.0 Å². The predicted molar refractivity (Wildman–Crippen MR) is 94.6 cm³/mol. The molecule has 0 bridgehead atoms. The molecule has 1 aliphatic carbocycles. The van der Waals surface area contributed by atoms with E-state index in [2.05, 4.69) is 14.8 Å². The summed E-state index contributed by atoms with van der Waals surface area (Å²) in [4.78, 5) is 0. The van der Waals surface area contributed by atoms with Crippen LogP contribution in [0.5, 0.6) is 5.75 Å². The summed E-state index contributed by atoms with van der Waals surface area (Å²) in [7, 11) is -3.26. The summed E-state index contributed by atoms with van der Waals surface area (Å²) < 4.78 is 67.3. The molecule has 1 saturated carbocycles. The van der Waals surface area contributed by atoms with Crippen molar-refractivity contribution in [3.05, 3.63) is 24.3 Å². The van der Waals surface area contributed by atoms with Gasteiger partial charge in [-0.05, 0) is 57.6 Å². The molecule has 0 radical (unpaired) electrons. The molecule has 0 aliphatic heterocycles. The molecule has 1 aliphatic rings. The Labute approximate surface area is 152 Å². The summed E-state index contributed by atoms with van der Waals surface area (Å²) in [5.74, 6) is 0.0938. The van der Waals surface area contributed by atoms with Crippen molar-refractivity contribution in [3.63, 3.8) is 0 Å². The Morgan fingerprint density at radius 1 is 1.19 bits per heavy atom. The van der Waals surface area contributed by atoms with Gasteiger partial charge >= 0.3 is 6.36 Å². The molecule has 5 nitrogen and oxygen atoms in total. The lowest BCUT2D eigenvalue weighted by atomic mass is 9.86. The number of nitrogens with one attached hydrogen (secondary N) is 2. The van der Waals surface area contributed by atoms with Gasteiger partial charge in [-0.3, -0.25) is 0 Å². The highest BCUT2D eigenvalue weighted by Crippen LogP contribution is 2.27. The van der Waals surface area contributed by atoms with Gasteiger partial charge < -0.3 is 10.1 Å². The lowest BCUT2D eigenvalue weighted by Crippen LogP contribution is -2.41. The first-order valence-electron chi connectivity index (χ1n) is 8.66. The van der Waals surface area contributed by atoms with Crippen molar-refractivity contribution < 1.29 is 26.3 Å². The predicted octanol–water partition coefficient (Wildman–Crippen LogP) is 3.88. The van der Waals surface area contributed by atoms with Gasteiger partial charge in [0.1, 0.15) is 5.75 Å². The van der Waals surface area contributed by atoms with Crippen LogP contribution in [0.1, 0.15) is 39.5 Å². The molecule has 0 unspecified atom stereocenters. The van der Waals surface area contributed by atoms with Crippen LogP contribution in [0.15, 0.2) is 24.3 Å². The first-order chi connectivity index (χ1) is 12.0. The average molecular weight is 394 g/mol. The molecular formula is C17H25F3N2O3S. The minimum Gasteiger partial charge on any atom is -0.406 e. The van der Waals surface area contributed by atoms with Crippen molar-refractivity contribution in [3.8, 4) is 5.75 Å². The van der Waals surface area contributed by atoms with Gasteiger partial charge in [0.2, 0.25) is 10.0 Å². The van der Waals surface area contributed by atoms with E-state index in [1.165, 1.54) is 18.2 Å². The third-order valence-corrected chi connectivity index (χ3v) is 6.36. The van der Waals surface area contributed by atoms with Crippen LogP contribution in [0.4, 0.5) is 18.9 Å². The maximum atomic E-state index is 12.3. The van der Waals surface area contributed by atoms with E-state index < -0.39 is 21.6 Å². The van der Waals surface area contributed by atoms with E-state index in [0.29, 0.717) is 18.2 Å². The quantitative estimate of drug-likeness (QED) is 0.736. The number of anilines is 1. The fraction of sp³-hybridized carbons (Fsp3) is 0.647. The number of ether oxygens (including phenoxy) is 1. The van der Waals surface area contributed by atoms with Crippen molar-refractivity contribution in [2.24, 2.45) is 5.92 Å². The molecule has 0 spiro atoms. The topological polar surface area (TPSA) is 67.4 Å². The maximum absolute atomic E-state index is 12.3. The molecule has 1 fully saturated rings. The molecule has 0 heterocycles. The lowest BCUT2D eigenvalue weighted by Gasteiger charge is -2.29. The first kappa shape index (κ1) is 20.8. The van der Waals surface area contributed by atoms with Crippen LogP contribution in [0, 0.1) is 5.92 Å². The van der Waals surface area contributed by atoms with Crippen LogP contribution in [0.25, 0.3) is 0 Å². The Morgan fingerprint density at radius 2 is 1.85 bits per heavy atom. The van der Waals surface area contributed by atoms with E-state index in [-0.39, 0.29) is 11.8 Å². The Morgan fingerprint density at radius 3 is 2.42 bits per heavy atom. The standard InChI is InChI=1S/C17H25F3N2O3S/c1-12(2)26(23,24)22-14-8-6-13(7-9-14)11-21-15-4-3-5-16(10-15)25-17(18,19)20/h3-5,10,12-14,21-22H,6-9,11H2,1-2H3/t13-,14-. The number of halogens is 3. The number of hydrogen-bond donors (Lipinski definition) is 2. The molecule has 9 heteroatoms. The van der Waals surface area contributed by atoms with Crippen molar-refractivity contribution in [1.29, 1.82) is 0 Å². The highest BCUT2D eigenvalue weighted by Gasteiger charge is 2.31. The smallest absolute Gasteiger partial charge is 0.406 e. The zero-order chi connectivity index (χ0) is 19.4. The van der Waals surface area contributed by atoms with E-state index in [0.717, 1.165) is 25.7 Å². The minimum absolute atomic E-state index is 0.0397. The molecule has 26 heavy (non-hydrogen) atoms. The van der Waals surface area contributed by atoms with Gasteiger partial charge in [-0.25, -0.2) is 13.1 Å². The van der Waals surface area contributed by atoms with Gasteiger partial charge in [0.25, 0.3) is 0 Å². The highest BCUT2D eigenvalue weighted by atomic mass is 32.2. The van der Waals surface area contributed by atoms with Gasteiger partial charge in [0, 0.05) is 24.3 Å². The van der Waals surface area contributed by atoms with Crippen LogP contribution in [-0.4, -0.2) is 32.6 Å². The van der Waals surface area contributed by atoms with Crippen LogP contribution >= 0.6 is 0 Å². The van der Waals surface area contributed by atoms with Gasteiger partial charge in [0.05, 0.1) is 5.25 Å². The maximum Gasteiger partial charge on any atom is 0.573 e. The average Bonchev–Trinajstić information content (AvgIpc) is 2.52. The molecule has 0 aromatic heterocycles. The summed E-state index contributed by atoms with van der Waals surface area (Å²) >= 11 is 0. The van der Waals surface area contributed by atoms with Crippen LogP contribution < -0.4 is 14.8 Å².